The van der Waals surface area contributed by atoms with Crippen LogP contribution < -0.4 is 10.2 Å². The number of aromatic nitrogens is 1. The number of benzene rings is 1. The second kappa shape index (κ2) is 4.61. The quantitative estimate of drug-likeness (QED) is 0.882. The first-order valence-electron chi connectivity index (χ1n) is 6.60. The van der Waals surface area contributed by atoms with Crippen LogP contribution in [0, 0.1) is 0 Å². The molecule has 3 rings (SSSR count). The number of hydrogen-bond donors (Lipinski definition) is 1. The third kappa shape index (κ3) is 2.08. The van der Waals surface area contributed by atoms with Crippen molar-refractivity contribution in [1.29, 1.82) is 0 Å². The number of oxazole rings is 1. The highest BCUT2D eigenvalue weighted by molar-refractivity contribution is 5.75. The van der Waals surface area contributed by atoms with E-state index in [1.165, 1.54) is 5.56 Å². The van der Waals surface area contributed by atoms with Crippen LogP contribution in [-0.2, 0) is 0 Å². The lowest BCUT2D eigenvalue weighted by Crippen LogP contribution is -2.43. The molecule has 18 heavy (non-hydrogen) atoms. The summed E-state index contributed by atoms with van der Waals surface area (Å²) in [4.78, 5) is 6.81. The van der Waals surface area contributed by atoms with Crippen molar-refractivity contribution in [3.63, 3.8) is 0 Å². The van der Waals surface area contributed by atoms with Crippen molar-refractivity contribution >= 4 is 17.1 Å². The van der Waals surface area contributed by atoms with Gasteiger partial charge in [-0.25, -0.2) is 0 Å². The second-order valence-electron chi connectivity index (χ2n) is 5.12. The van der Waals surface area contributed by atoms with Crippen LogP contribution >= 0.6 is 0 Å². The predicted molar refractivity (Wildman–Crippen MR) is 73.2 cm³/mol. The summed E-state index contributed by atoms with van der Waals surface area (Å²) < 4.78 is 5.83. The number of hydrogen-bond acceptors (Lipinski definition) is 4. The zero-order valence-electron chi connectivity index (χ0n) is 10.9. The molecule has 0 atom stereocenters. The Hall–Kier alpha value is -1.55. The van der Waals surface area contributed by atoms with Crippen LogP contribution in [0.3, 0.4) is 0 Å². The van der Waals surface area contributed by atoms with Gasteiger partial charge in [-0.15, -0.1) is 0 Å². The van der Waals surface area contributed by atoms with Crippen molar-refractivity contribution in [3.05, 3.63) is 23.8 Å². The molecule has 4 heteroatoms. The van der Waals surface area contributed by atoms with E-state index < -0.39 is 0 Å². The number of anilines is 1. The van der Waals surface area contributed by atoms with Gasteiger partial charge in [-0.2, -0.15) is 4.98 Å². The smallest absolute Gasteiger partial charge is 0.298 e. The molecule has 0 bridgehead atoms. The molecule has 1 fully saturated rings. The molecule has 0 aliphatic carbocycles. The normalized spacial score (nSPS) is 16.7. The van der Waals surface area contributed by atoms with Crippen LogP contribution in [0.2, 0.25) is 0 Å². The molecule has 4 nitrogen and oxygen atoms in total. The van der Waals surface area contributed by atoms with E-state index in [0.29, 0.717) is 5.92 Å². The van der Waals surface area contributed by atoms with Gasteiger partial charge in [-0.1, -0.05) is 19.9 Å². The van der Waals surface area contributed by atoms with Gasteiger partial charge in [-0.05, 0) is 23.6 Å². The molecule has 0 spiro atoms. The van der Waals surface area contributed by atoms with Gasteiger partial charge in [-0.3, -0.25) is 0 Å². The van der Waals surface area contributed by atoms with E-state index in [4.69, 9.17) is 4.42 Å². The van der Waals surface area contributed by atoms with Crippen molar-refractivity contribution in [2.75, 3.05) is 31.1 Å². The van der Waals surface area contributed by atoms with Crippen LogP contribution in [0.15, 0.2) is 22.6 Å². The molecule has 1 saturated heterocycles. The molecule has 0 unspecified atom stereocenters. The maximum absolute atomic E-state index is 5.83. The van der Waals surface area contributed by atoms with Crippen LogP contribution in [0.1, 0.15) is 25.3 Å². The van der Waals surface area contributed by atoms with Crippen molar-refractivity contribution in [3.8, 4) is 0 Å². The first-order valence-corrected chi connectivity index (χ1v) is 6.60. The minimum Gasteiger partial charge on any atom is -0.423 e. The molecule has 0 amide bonds. The van der Waals surface area contributed by atoms with E-state index in [-0.39, 0.29) is 0 Å². The van der Waals surface area contributed by atoms with Gasteiger partial charge in [0.2, 0.25) is 0 Å². The van der Waals surface area contributed by atoms with Crippen molar-refractivity contribution < 1.29 is 4.42 Å². The molecule has 1 aliphatic rings. The fourth-order valence-corrected chi connectivity index (χ4v) is 2.28. The zero-order chi connectivity index (χ0) is 12.5. The molecule has 1 N–H and O–H groups in total. The van der Waals surface area contributed by atoms with Gasteiger partial charge in [0.1, 0.15) is 5.52 Å². The van der Waals surface area contributed by atoms with Crippen molar-refractivity contribution in [2.24, 2.45) is 0 Å². The van der Waals surface area contributed by atoms with Crippen LogP contribution in [0.25, 0.3) is 11.1 Å². The summed E-state index contributed by atoms with van der Waals surface area (Å²) in [6, 6.07) is 7.05. The predicted octanol–water partition coefficient (Wildman–Crippen LogP) is 2.36. The summed E-state index contributed by atoms with van der Waals surface area (Å²) in [5, 5.41) is 3.33. The van der Waals surface area contributed by atoms with Crippen LogP contribution in [0.5, 0.6) is 0 Å². The number of piperazine rings is 1. The fourth-order valence-electron chi connectivity index (χ4n) is 2.28. The van der Waals surface area contributed by atoms with Gasteiger partial charge in [0.05, 0.1) is 0 Å². The highest BCUT2D eigenvalue weighted by Crippen LogP contribution is 2.25. The summed E-state index contributed by atoms with van der Waals surface area (Å²) >= 11 is 0. The summed E-state index contributed by atoms with van der Waals surface area (Å²) in [6.07, 6.45) is 0. The Kier molecular flexibility index (Phi) is 2.96. The fraction of sp³-hybridized carbons (Fsp3) is 0.500. The molecule has 1 aromatic carbocycles. The van der Waals surface area contributed by atoms with Crippen LogP contribution in [-0.4, -0.2) is 31.2 Å². The highest BCUT2D eigenvalue weighted by atomic mass is 16.4. The monoisotopic (exact) mass is 245 g/mol. The van der Waals surface area contributed by atoms with E-state index in [9.17, 15) is 0 Å². The minimum absolute atomic E-state index is 0.522. The van der Waals surface area contributed by atoms with Gasteiger partial charge < -0.3 is 14.6 Å². The summed E-state index contributed by atoms with van der Waals surface area (Å²) in [6.45, 7) is 8.30. The first-order chi connectivity index (χ1) is 8.74. The lowest BCUT2D eigenvalue weighted by Gasteiger charge is -2.25. The summed E-state index contributed by atoms with van der Waals surface area (Å²) in [5.74, 6) is 0.522. The molecule has 1 aliphatic heterocycles. The highest BCUT2D eigenvalue weighted by Gasteiger charge is 2.16. The summed E-state index contributed by atoms with van der Waals surface area (Å²) in [7, 11) is 0. The first kappa shape index (κ1) is 11.5. The zero-order valence-corrected chi connectivity index (χ0v) is 10.9. The maximum atomic E-state index is 5.83. The SMILES string of the molecule is CC(C)c1ccc2oc(N3CCNCC3)nc2c1. The van der Waals surface area contributed by atoms with Crippen LogP contribution in [0.4, 0.5) is 6.01 Å². The van der Waals surface area contributed by atoms with E-state index >= 15 is 0 Å². The molecule has 1 aromatic heterocycles. The largest absolute Gasteiger partial charge is 0.423 e. The van der Waals surface area contributed by atoms with E-state index in [1.807, 2.05) is 6.07 Å². The average molecular weight is 245 g/mol. The van der Waals surface area contributed by atoms with Gasteiger partial charge in [0, 0.05) is 26.2 Å². The molecule has 0 radical (unpaired) electrons. The van der Waals surface area contributed by atoms with E-state index in [1.54, 1.807) is 0 Å². The minimum atomic E-state index is 0.522. The lowest BCUT2D eigenvalue weighted by molar-refractivity contribution is 0.517. The Morgan fingerprint density at radius 1 is 1.28 bits per heavy atom. The second-order valence-corrected chi connectivity index (χ2v) is 5.12. The van der Waals surface area contributed by atoms with Crippen molar-refractivity contribution in [2.45, 2.75) is 19.8 Å². The molecular formula is C14H19N3O. The Labute approximate surface area is 107 Å². The topological polar surface area (TPSA) is 41.3 Å². The lowest BCUT2D eigenvalue weighted by atomic mass is 10.0. The van der Waals surface area contributed by atoms with E-state index in [0.717, 1.165) is 43.3 Å². The Balaban J connectivity index is 1.94. The Bertz CT molecular complexity index is 541. The number of nitrogens with one attached hydrogen (secondary N) is 1. The van der Waals surface area contributed by atoms with Gasteiger partial charge in [0.15, 0.2) is 5.58 Å². The van der Waals surface area contributed by atoms with E-state index in [2.05, 4.69) is 41.2 Å². The average Bonchev–Trinajstić information content (AvgIpc) is 2.82. The molecule has 0 saturated carbocycles. The molecule has 96 valence electrons. The summed E-state index contributed by atoms with van der Waals surface area (Å²) in [5.41, 5.74) is 3.16. The molecule has 2 aromatic rings. The third-order valence-electron chi connectivity index (χ3n) is 3.45. The Morgan fingerprint density at radius 2 is 2.06 bits per heavy atom. The van der Waals surface area contributed by atoms with Gasteiger partial charge >= 0.3 is 0 Å². The Morgan fingerprint density at radius 3 is 2.78 bits per heavy atom. The number of fused-ring (bicyclic) bond motifs is 1. The number of nitrogens with zero attached hydrogens (tertiary/aromatic N) is 2. The number of rotatable bonds is 2. The molecule has 2 heterocycles. The maximum Gasteiger partial charge on any atom is 0.298 e. The standard InChI is InChI=1S/C14H19N3O/c1-10(2)11-3-4-13-12(9-11)16-14(18-13)17-7-5-15-6-8-17/h3-4,9-10,15H,5-8H2,1-2H3. The third-order valence-corrected chi connectivity index (χ3v) is 3.45. The molecular weight excluding hydrogens is 226 g/mol. The van der Waals surface area contributed by atoms with Crippen molar-refractivity contribution in [1.82, 2.24) is 10.3 Å². The van der Waals surface area contributed by atoms with Gasteiger partial charge in [0.25, 0.3) is 6.01 Å².